The van der Waals surface area contributed by atoms with E-state index in [1.165, 1.54) is 6.07 Å². The number of carbonyl (C=O) groups is 1. The lowest BCUT2D eigenvalue weighted by Gasteiger charge is -1.93. The van der Waals surface area contributed by atoms with Crippen molar-refractivity contribution >= 4 is 17.1 Å². The Hall–Kier alpha value is -2.56. The molecule has 0 spiro atoms. The summed E-state index contributed by atoms with van der Waals surface area (Å²) in [6.45, 7) is 5.63. The van der Waals surface area contributed by atoms with E-state index in [-0.39, 0.29) is 5.56 Å². The molecule has 0 saturated carbocycles. The third kappa shape index (κ3) is 1.71. The first-order chi connectivity index (χ1) is 9.49. The molecule has 0 saturated heterocycles. The van der Waals surface area contributed by atoms with Crippen molar-refractivity contribution in [1.82, 2.24) is 4.98 Å². The summed E-state index contributed by atoms with van der Waals surface area (Å²) in [6, 6.07) is 4.86. The van der Waals surface area contributed by atoms with Crippen molar-refractivity contribution in [3.05, 3.63) is 40.8 Å². The van der Waals surface area contributed by atoms with Crippen LogP contribution in [0.1, 0.15) is 27.4 Å². The number of para-hydroxylation sites is 1. The van der Waals surface area contributed by atoms with Gasteiger partial charge in [0.2, 0.25) is 5.89 Å². The van der Waals surface area contributed by atoms with Crippen LogP contribution in [0.4, 0.5) is 0 Å². The fraction of sp³-hybridized carbons (Fsp3) is 0.200. The van der Waals surface area contributed by atoms with Crippen LogP contribution in [0, 0.1) is 20.8 Å². The van der Waals surface area contributed by atoms with Gasteiger partial charge >= 0.3 is 5.97 Å². The highest BCUT2D eigenvalue weighted by Gasteiger charge is 2.20. The molecule has 0 fully saturated rings. The number of oxazole rings is 1. The van der Waals surface area contributed by atoms with Crippen molar-refractivity contribution in [2.24, 2.45) is 0 Å². The number of rotatable bonds is 2. The molecule has 3 aromatic rings. The Morgan fingerprint density at radius 2 is 1.90 bits per heavy atom. The van der Waals surface area contributed by atoms with Gasteiger partial charge in [-0.2, -0.15) is 0 Å². The van der Waals surface area contributed by atoms with Crippen LogP contribution in [0.25, 0.3) is 22.6 Å². The first-order valence-corrected chi connectivity index (χ1v) is 6.19. The molecule has 5 heteroatoms. The lowest BCUT2D eigenvalue weighted by atomic mass is 10.1. The summed E-state index contributed by atoms with van der Waals surface area (Å²) in [5.74, 6) is 0.884. The zero-order chi connectivity index (χ0) is 14.4. The number of carboxylic acids is 1. The van der Waals surface area contributed by atoms with Crippen molar-refractivity contribution < 1.29 is 18.7 Å². The summed E-state index contributed by atoms with van der Waals surface area (Å²) in [5, 5.41) is 9.18. The van der Waals surface area contributed by atoms with Gasteiger partial charge in [0.15, 0.2) is 5.58 Å². The lowest BCUT2D eigenvalue weighted by molar-refractivity contribution is 0.0699. The second kappa shape index (κ2) is 4.23. The number of hydrogen-bond acceptors (Lipinski definition) is 4. The quantitative estimate of drug-likeness (QED) is 0.768. The van der Waals surface area contributed by atoms with Crippen molar-refractivity contribution in [3.8, 4) is 11.5 Å². The first-order valence-electron chi connectivity index (χ1n) is 6.19. The van der Waals surface area contributed by atoms with Crippen LogP contribution in [0.2, 0.25) is 0 Å². The maximum atomic E-state index is 11.2. The van der Waals surface area contributed by atoms with E-state index < -0.39 is 5.97 Å². The molecule has 1 N–H and O–H groups in total. The van der Waals surface area contributed by atoms with Gasteiger partial charge in [-0.15, -0.1) is 0 Å². The third-order valence-corrected chi connectivity index (χ3v) is 3.42. The fourth-order valence-electron chi connectivity index (χ4n) is 2.34. The molecule has 0 radical (unpaired) electrons. The average molecular weight is 271 g/mol. The smallest absolute Gasteiger partial charge is 0.338 e. The van der Waals surface area contributed by atoms with E-state index >= 15 is 0 Å². The minimum absolute atomic E-state index is 0.132. The molecule has 0 aliphatic heterocycles. The maximum Gasteiger partial charge on any atom is 0.338 e. The Morgan fingerprint density at radius 1 is 1.15 bits per heavy atom. The van der Waals surface area contributed by atoms with E-state index in [9.17, 15) is 9.90 Å². The number of aromatic carboxylic acids is 1. The highest BCUT2D eigenvalue weighted by Crippen LogP contribution is 2.33. The number of benzene rings is 1. The molecule has 3 rings (SSSR count). The number of hydrogen-bond donors (Lipinski definition) is 1. The van der Waals surface area contributed by atoms with Crippen LogP contribution in [-0.2, 0) is 0 Å². The first kappa shape index (κ1) is 12.5. The second-order valence-electron chi connectivity index (χ2n) is 4.69. The van der Waals surface area contributed by atoms with Gasteiger partial charge in [0.25, 0.3) is 0 Å². The number of aromatic nitrogens is 1. The summed E-state index contributed by atoms with van der Waals surface area (Å²) in [7, 11) is 0. The van der Waals surface area contributed by atoms with E-state index in [1.807, 2.05) is 20.8 Å². The van der Waals surface area contributed by atoms with Gasteiger partial charge in [-0.25, -0.2) is 9.78 Å². The molecule has 0 unspecified atom stereocenters. The predicted molar refractivity (Wildman–Crippen MR) is 72.9 cm³/mol. The van der Waals surface area contributed by atoms with E-state index in [0.717, 1.165) is 16.9 Å². The van der Waals surface area contributed by atoms with Crippen LogP contribution < -0.4 is 0 Å². The van der Waals surface area contributed by atoms with Crippen molar-refractivity contribution in [2.45, 2.75) is 20.8 Å². The van der Waals surface area contributed by atoms with E-state index in [0.29, 0.717) is 22.8 Å². The monoisotopic (exact) mass is 271 g/mol. The molecular weight excluding hydrogens is 258 g/mol. The molecule has 0 bridgehead atoms. The second-order valence-corrected chi connectivity index (χ2v) is 4.69. The summed E-state index contributed by atoms with van der Waals surface area (Å²) < 4.78 is 11.2. The number of nitrogens with zero attached hydrogens (tertiary/aromatic N) is 1. The Kier molecular flexibility index (Phi) is 2.64. The number of carboxylic acid groups (broad SMARTS) is 1. The molecule has 20 heavy (non-hydrogen) atoms. The minimum Gasteiger partial charge on any atom is -0.478 e. The van der Waals surface area contributed by atoms with Gasteiger partial charge in [-0.1, -0.05) is 6.07 Å². The number of fused-ring (bicyclic) bond motifs is 1. The Labute approximate surface area is 114 Å². The Balaban J connectivity index is 2.29. The van der Waals surface area contributed by atoms with Crippen molar-refractivity contribution in [3.63, 3.8) is 0 Å². The molecule has 0 atom stereocenters. The summed E-state index contributed by atoms with van der Waals surface area (Å²) in [5.41, 5.74) is 2.68. The van der Waals surface area contributed by atoms with E-state index in [1.54, 1.807) is 12.1 Å². The highest BCUT2D eigenvalue weighted by atomic mass is 16.4. The molecule has 0 amide bonds. The van der Waals surface area contributed by atoms with Crippen LogP contribution in [0.15, 0.2) is 27.0 Å². The van der Waals surface area contributed by atoms with Crippen LogP contribution in [-0.4, -0.2) is 16.1 Å². The van der Waals surface area contributed by atoms with Crippen molar-refractivity contribution in [2.75, 3.05) is 0 Å². The average Bonchev–Trinajstić information content (AvgIpc) is 2.90. The Morgan fingerprint density at radius 3 is 2.50 bits per heavy atom. The van der Waals surface area contributed by atoms with Gasteiger partial charge < -0.3 is 13.9 Å². The molecule has 0 aliphatic carbocycles. The highest BCUT2D eigenvalue weighted by molar-refractivity contribution is 6.00. The van der Waals surface area contributed by atoms with Gasteiger partial charge in [0.1, 0.15) is 17.0 Å². The lowest BCUT2D eigenvalue weighted by Crippen LogP contribution is -1.96. The largest absolute Gasteiger partial charge is 0.478 e. The van der Waals surface area contributed by atoms with E-state index in [2.05, 4.69) is 4.98 Å². The molecule has 1 aromatic carbocycles. The molecule has 102 valence electrons. The van der Waals surface area contributed by atoms with Gasteiger partial charge in [0.05, 0.1) is 11.1 Å². The molecular formula is C15H13NO4. The molecule has 0 aliphatic rings. The predicted octanol–water partition coefficient (Wildman–Crippen LogP) is 3.71. The van der Waals surface area contributed by atoms with Crippen LogP contribution in [0.5, 0.6) is 0 Å². The van der Waals surface area contributed by atoms with Gasteiger partial charge in [0, 0.05) is 5.56 Å². The summed E-state index contributed by atoms with van der Waals surface area (Å²) in [4.78, 5) is 15.5. The number of aryl methyl sites for hydroxylation is 2. The minimum atomic E-state index is -1.02. The summed E-state index contributed by atoms with van der Waals surface area (Å²) >= 11 is 0. The van der Waals surface area contributed by atoms with E-state index in [4.69, 9.17) is 8.83 Å². The van der Waals surface area contributed by atoms with Gasteiger partial charge in [-0.05, 0) is 32.9 Å². The standard InChI is InChI=1S/C15H13NO4/c1-7-8(2)19-9(3)12(7)14-16-13-10(15(17)18)5-4-6-11(13)20-14/h4-6H,1-3H3,(H,17,18). The Bertz CT molecular complexity index is 826. The maximum absolute atomic E-state index is 11.2. The topological polar surface area (TPSA) is 76.5 Å². The summed E-state index contributed by atoms with van der Waals surface area (Å²) in [6.07, 6.45) is 0. The van der Waals surface area contributed by atoms with Gasteiger partial charge in [-0.3, -0.25) is 0 Å². The molecule has 2 aromatic heterocycles. The zero-order valence-corrected chi connectivity index (χ0v) is 11.4. The number of furan rings is 1. The molecule has 5 nitrogen and oxygen atoms in total. The van der Waals surface area contributed by atoms with Crippen LogP contribution in [0.3, 0.4) is 0 Å². The third-order valence-electron chi connectivity index (χ3n) is 3.42. The fourth-order valence-corrected chi connectivity index (χ4v) is 2.34. The van der Waals surface area contributed by atoms with Crippen molar-refractivity contribution in [1.29, 1.82) is 0 Å². The zero-order valence-electron chi connectivity index (χ0n) is 11.4. The SMILES string of the molecule is Cc1oc(C)c(-c2nc3c(C(=O)O)cccc3o2)c1C. The van der Waals surface area contributed by atoms with Crippen LogP contribution >= 0.6 is 0 Å². The normalized spacial score (nSPS) is 11.2. The molecule has 2 heterocycles.